The molecule has 5 heteroatoms. The van der Waals surface area contributed by atoms with E-state index in [1.807, 2.05) is 36.4 Å². The molecule has 2 heterocycles. The topological polar surface area (TPSA) is 59.6 Å². The molecule has 3 aromatic rings. The largest absolute Gasteiger partial charge is 0.388 e. The summed E-state index contributed by atoms with van der Waals surface area (Å²) in [6.45, 7) is 4.53. The van der Waals surface area contributed by atoms with Crippen molar-refractivity contribution in [1.29, 1.82) is 0 Å². The number of anilines is 1. The van der Waals surface area contributed by atoms with Gasteiger partial charge in [-0.2, -0.15) is 0 Å². The van der Waals surface area contributed by atoms with Gasteiger partial charge in [0.1, 0.15) is 0 Å². The SMILES string of the molecule is O=c1ccc2cc(/C=C/[C@H](O)CN3CCN(c4ccc(C5CC5)cc4)CC3)ccc2[nH]1. The molecule has 2 aliphatic rings. The lowest BCUT2D eigenvalue weighted by Crippen LogP contribution is -2.48. The van der Waals surface area contributed by atoms with Crippen LogP contribution in [0, 0.1) is 0 Å². The second kappa shape index (κ2) is 8.69. The molecule has 0 bridgehead atoms. The molecule has 160 valence electrons. The lowest BCUT2D eigenvalue weighted by molar-refractivity contribution is 0.142. The predicted molar refractivity (Wildman–Crippen MR) is 127 cm³/mol. The quantitative estimate of drug-likeness (QED) is 0.646. The van der Waals surface area contributed by atoms with Crippen LogP contribution in [-0.2, 0) is 0 Å². The number of aromatic amines is 1. The van der Waals surface area contributed by atoms with Crippen molar-refractivity contribution in [2.24, 2.45) is 0 Å². The summed E-state index contributed by atoms with van der Waals surface area (Å²) in [5, 5.41) is 11.5. The zero-order valence-electron chi connectivity index (χ0n) is 17.7. The summed E-state index contributed by atoms with van der Waals surface area (Å²) in [6.07, 6.45) is 5.99. The minimum absolute atomic E-state index is 0.0958. The first kappa shape index (κ1) is 20.0. The molecule has 1 aliphatic heterocycles. The van der Waals surface area contributed by atoms with Gasteiger partial charge in [0.05, 0.1) is 6.10 Å². The van der Waals surface area contributed by atoms with Crippen molar-refractivity contribution >= 4 is 22.7 Å². The standard InChI is InChI=1S/C26H29N3O2/c30-24(10-1-19-2-11-25-22(17-19)7-12-26(31)27-25)18-28-13-15-29(16-14-28)23-8-5-21(6-9-23)20-3-4-20/h1-2,5-12,17,20,24,30H,3-4,13-16,18H2,(H,27,31)/b10-1+/t24-/m0/s1. The van der Waals surface area contributed by atoms with Crippen LogP contribution in [-0.4, -0.2) is 53.8 Å². The van der Waals surface area contributed by atoms with E-state index in [0.29, 0.717) is 6.54 Å². The van der Waals surface area contributed by atoms with Gasteiger partial charge in [-0.05, 0) is 65.6 Å². The third-order valence-electron chi connectivity index (χ3n) is 6.38. The van der Waals surface area contributed by atoms with Crippen LogP contribution in [0.5, 0.6) is 0 Å². The van der Waals surface area contributed by atoms with Gasteiger partial charge in [-0.3, -0.25) is 9.69 Å². The van der Waals surface area contributed by atoms with Crippen LogP contribution in [0.4, 0.5) is 5.69 Å². The Balaban J connectivity index is 1.13. The summed E-state index contributed by atoms with van der Waals surface area (Å²) >= 11 is 0. The third-order valence-corrected chi connectivity index (χ3v) is 6.38. The molecule has 1 saturated heterocycles. The number of aromatic nitrogens is 1. The number of hydrogen-bond acceptors (Lipinski definition) is 4. The normalized spacial score (nSPS) is 18.7. The predicted octanol–water partition coefficient (Wildman–Crippen LogP) is 3.60. The number of β-amino-alcohol motifs (C(OH)–C–C–N with tert-alkyl or cyclic N) is 1. The Morgan fingerprint density at radius 1 is 1.00 bits per heavy atom. The van der Waals surface area contributed by atoms with Gasteiger partial charge in [0.25, 0.3) is 0 Å². The van der Waals surface area contributed by atoms with E-state index in [2.05, 4.69) is 39.0 Å². The smallest absolute Gasteiger partial charge is 0.248 e. The monoisotopic (exact) mass is 415 g/mol. The summed E-state index contributed by atoms with van der Waals surface area (Å²) in [5.74, 6) is 0.805. The highest BCUT2D eigenvalue weighted by Gasteiger charge is 2.24. The Hall–Kier alpha value is -2.89. The van der Waals surface area contributed by atoms with Gasteiger partial charge in [0.15, 0.2) is 0 Å². The van der Waals surface area contributed by atoms with Crippen molar-refractivity contribution in [3.8, 4) is 0 Å². The Bertz CT molecular complexity index is 1120. The number of nitrogens with one attached hydrogen (secondary N) is 1. The van der Waals surface area contributed by atoms with Crippen molar-refractivity contribution in [2.45, 2.75) is 24.9 Å². The summed E-state index contributed by atoms with van der Waals surface area (Å²) in [4.78, 5) is 19.0. The number of pyridine rings is 1. The van der Waals surface area contributed by atoms with Crippen LogP contribution in [0.15, 0.2) is 65.5 Å². The molecule has 5 rings (SSSR count). The number of rotatable bonds is 6. The van der Waals surface area contributed by atoms with Crippen LogP contribution in [0.25, 0.3) is 17.0 Å². The van der Waals surface area contributed by atoms with Gasteiger partial charge in [0, 0.05) is 50.0 Å². The Labute approximate surface area is 182 Å². The fourth-order valence-corrected chi connectivity index (χ4v) is 4.39. The number of nitrogens with zero attached hydrogens (tertiary/aromatic N) is 2. The van der Waals surface area contributed by atoms with Crippen molar-refractivity contribution in [3.05, 3.63) is 82.2 Å². The fraction of sp³-hybridized carbons (Fsp3) is 0.346. The van der Waals surface area contributed by atoms with Gasteiger partial charge in [-0.1, -0.05) is 30.4 Å². The van der Waals surface area contributed by atoms with Gasteiger partial charge in [-0.15, -0.1) is 0 Å². The fourth-order valence-electron chi connectivity index (χ4n) is 4.39. The molecule has 1 aromatic heterocycles. The zero-order valence-corrected chi connectivity index (χ0v) is 17.7. The van der Waals surface area contributed by atoms with Gasteiger partial charge in [-0.25, -0.2) is 0 Å². The van der Waals surface area contributed by atoms with Crippen LogP contribution in [0.2, 0.25) is 0 Å². The first-order chi connectivity index (χ1) is 15.1. The summed E-state index contributed by atoms with van der Waals surface area (Å²) in [7, 11) is 0. The van der Waals surface area contributed by atoms with E-state index in [-0.39, 0.29) is 5.56 Å². The van der Waals surface area contributed by atoms with E-state index in [0.717, 1.165) is 48.6 Å². The van der Waals surface area contributed by atoms with Gasteiger partial charge < -0.3 is 15.0 Å². The molecular formula is C26H29N3O2. The molecule has 2 N–H and O–H groups in total. The molecule has 2 fully saturated rings. The highest BCUT2D eigenvalue weighted by Crippen LogP contribution is 2.40. The lowest BCUT2D eigenvalue weighted by atomic mass is 10.1. The number of benzene rings is 2. The molecule has 1 atom stereocenters. The number of H-pyrrole nitrogens is 1. The third kappa shape index (κ3) is 4.89. The van der Waals surface area contributed by atoms with Gasteiger partial charge >= 0.3 is 0 Å². The summed E-state index contributed by atoms with van der Waals surface area (Å²) in [5.41, 5.74) is 4.53. The van der Waals surface area contributed by atoms with Crippen molar-refractivity contribution in [1.82, 2.24) is 9.88 Å². The van der Waals surface area contributed by atoms with E-state index in [4.69, 9.17) is 0 Å². The van der Waals surface area contributed by atoms with E-state index >= 15 is 0 Å². The molecular weight excluding hydrogens is 386 g/mol. The Kier molecular flexibility index (Phi) is 5.62. The minimum atomic E-state index is -0.504. The molecule has 0 unspecified atom stereocenters. The van der Waals surface area contributed by atoms with Crippen molar-refractivity contribution in [2.75, 3.05) is 37.6 Å². The molecule has 1 aliphatic carbocycles. The molecule has 2 aromatic carbocycles. The van der Waals surface area contributed by atoms with E-state index in [9.17, 15) is 9.90 Å². The van der Waals surface area contributed by atoms with Crippen molar-refractivity contribution < 1.29 is 5.11 Å². The van der Waals surface area contributed by atoms with Crippen LogP contribution < -0.4 is 10.5 Å². The van der Waals surface area contributed by atoms with Gasteiger partial charge in [0.2, 0.25) is 5.56 Å². The number of fused-ring (bicyclic) bond motifs is 1. The maximum Gasteiger partial charge on any atom is 0.248 e. The van der Waals surface area contributed by atoms with E-state index in [1.54, 1.807) is 0 Å². The van der Waals surface area contributed by atoms with Crippen molar-refractivity contribution in [3.63, 3.8) is 0 Å². The molecule has 0 amide bonds. The summed E-state index contributed by atoms with van der Waals surface area (Å²) < 4.78 is 0. The number of aliphatic hydroxyl groups excluding tert-OH is 1. The molecule has 31 heavy (non-hydrogen) atoms. The molecule has 0 spiro atoms. The molecule has 1 saturated carbocycles. The van der Waals surface area contributed by atoms with E-state index in [1.165, 1.54) is 30.2 Å². The molecule has 0 radical (unpaired) electrons. The highest BCUT2D eigenvalue weighted by atomic mass is 16.3. The maximum atomic E-state index is 11.4. The second-order valence-corrected chi connectivity index (χ2v) is 8.75. The first-order valence-corrected chi connectivity index (χ1v) is 11.2. The molecule has 5 nitrogen and oxygen atoms in total. The average molecular weight is 416 g/mol. The average Bonchev–Trinajstić information content (AvgIpc) is 3.64. The van der Waals surface area contributed by atoms with E-state index < -0.39 is 6.10 Å². The second-order valence-electron chi connectivity index (χ2n) is 8.75. The number of piperazine rings is 1. The summed E-state index contributed by atoms with van der Waals surface area (Å²) in [6, 6.07) is 18.3. The van der Waals surface area contributed by atoms with Crippen LogP contribution in [0.1, 0.15) is 29.9 Å². The van der Waals surface area contributed by atoms with Crippen LogP contribution in [0.3, 0.4) is 0 Å². The number of hydrogen-bond donors (Lipinski definition) is 2. The number of aliphatic hydroxyl groups is 1. The Morgan fingerprint density at radius 2 is 1.77 bits per heavy atom. The Morgan fingerprint density at radius 3 is 2.52 bits per heavy atom. The minimum Gasteiger partial charge on any atom is -0.388 e. The highest BCUT2D eigenvalue weighted by molar-refractivity contribution is 5.81. The maximum absolute atomic E-state index is 11.4. The lowest BCUT2D eigenvalue weighted by Gasteiger charge is -2.36. The van der Waals surface area contributed by atoms with Crippen LogP contribution >= 0.6 is 0 Å². The first-order valence-electron chi connectivity index (χ1n) is 11.2. The zero-order chi connectivity index (χ0) is 21.2.